The van der Waals surface area contributed by atoms with Gasteiger partial charge >= 0.3 is 0 Å². The number of halogens is 1. The van der Waals surface area contributed by atoms with Gasteiger partial charge in [-0.15, -0.1) is 11.6 Å². The molecule has 112 valence electrons. The van der Waals surface area contributed by atoms with Crippen LogP contribution in [0.2, 0.25) is 0 Å². The molecule has 1 aliphatic heterocycles. The SMILES string of the molecule is CN(Cc1ccccc1)S(=O)(=O)N1CCCCC1CCl. The molecule has 1 heterocycles. The standard InChI is InChI=1S/C14H21ClN2O2S/c1-16(12-13-7-3-2-4-8-13)20(18,19)17-10-6-5-9-14(17)11-15/h2-4,7-8,14H,5-6,9-12H2,1H3. The zero-order valence-electron chi connectivity index (χ0n) is 11.7. The van der Waals surface area contributed by atoms with Crippen LogP contribution < -0.4 is 0 Å². The summed E-state index contributed by atoms with van der Waals surface area (Å²) in [6, 6.07) is 9.54. The Kier molecular flexibility index (Phi) is 5.43. The predicted molar refractivity (Wildman–Crippen MR) is 81.9 cm³/mol. The van der Waals surface area contributed by atoms with Gasteiger partial charge in [0.15, 0.2) is 0 Å². The van der Waals surface area contributed by atoms with E-state index in [1.807, 2.05) is 30.3 Å². The molecule has 6 heteroatoms. The fourth-order valence-corrected chi connectivity index (χ4v) is 4.52. The predicted octanol–water partition coefficient (Wildman–Crippen LogP) is 2.46. The lowest BCUT2D eigenvalue weighted by Gasteiger charge is -2.36. The summed E-state index contributed by atoms with van der Waals surface area (Å²) in [5.74, 6) is 0.360. The Labute approximate surface area is 126 Å². The van der Waals surface area contributed by atoms with Gasteiger partial charge in [0, 0.05) is 32.1 Å². The smallest absolute Gasteiger partial charge is 0.195 e. The highest BCUT2D eigenvalue weighted by molar-refractivity contribution is 7.86. The van der Waals surface area contributed by atoms with Crippen LogP contribution in [0.1, 0.15) is 24.8 Å². The van der Waals surface area contributed by atoms with Gasteiger partial charge in [0.2, 0.25) is 0 Å². The quantitative estimate of drug-likeness (QED) is 0.783. The van der Waals surface area contributed by atoms with Crippen molar-refractivity contribution < 1.29 is 8.42 Å². The Morgan fingerprint density at radius 2 is 2.00 bits per heavy atom. The molecule has 1 aromatic rings. The monoisotopic (exact) mass is 316 g/mol. The highest BCUT2D eigenvalue weighted by Crippen LogP contribution is 2.23. The minimum absolute atomic E-state index is 0.0753. The molecule has 0 amide bonds. The summed E-state index contributed by atoms with van der Waals surface area (Å²) < 4.78 is 28.3. The van der Waals surface area contributed by atoms with Crippen molar-refractivity contribution in [3.8, 4) is 0 Å². The van der Waals surface area contributed by atoms with Crippen molar-refractivity contribution in [1.82, 2.24) is 8.61 Å². The Bertz CT molecular complexity index is 521. The van der Waals surface area contributed by atoms with E-state index in [4.69, 9.17) is 11.6 Å². The molecule has 1 fully saturated rings. The first-order chi connectivity index (χ1) is 9.55. The van der Waals surface area contributed by atoms with Crippen LogP contribution in [0.25, 0.3) is 0 Å². The molecule has 0 N–H and O–H groups in total. The summed E-state index contributed by atoms with van der Waals surface area (Å²) in [5.41, 5.74) is 0.984. The summed E-state index contributed by atoms with van der Waals surface area (Å²) >= 11 is 5.92. The summed E-state index contributed by atoms with van der Waals surface area (Å²) in [6.45, 7) is 0.952. The van der Waals surface area contributed by atoms with Gasteiger partial charge in [-0.2, -0.15) is 17.0 Å². The lowest BCUT2D eigenvalue weighted by atomic mass is 10.1. The van der Waals surface area contributed by atoms with Crippen molar-refractivity contribution in [2.45, 2.75) is 31.8 Å². The van der Waals surface area contributed by atoms with Crippen LogP contribution in [0.4, 0.5) is 0 Å². The highest BCUT2D eigenvalue weighted by atomic mass is 35.5. The maximum atomic E-state index is 12.7. The third kappa shape index (κ3) is 3.52. The van der Waals surface area contributed by atoms with Crippen molar-refractivity contribution in [3.05, 3.63) is 35.9 Å². The van der Waals surface area contributed by atoms with Gasteiger partial charge in [0.25, 0.3) is 10.2 Å². The molecule has 0 spiro atoms. The zero-order valence-corrected chi connectivity index (χ0v) is 13.3. The number of alkyl halides is 1. The maximum absolute atomic E-state index is 12.7. The third-order valence-corrected chi connectivity index (χ3v) is 6.04. The van der Waals surface area contributed by atoms with E-state index < -0.39 is 10.2 Å². The second kappa shape index (κ2) is 6.89. The molecule has 4 nitrogen and oxygen atoms in total. The second-order valence-corrected chi connectivity index (χ2v) is 7.46. The molecular weight excluding hydrogens is 296 g/mol. The molecule has 0 aromatic heterocycles. The van der Waals surface area contributed by atoms with E-state index in [0.717, 1.165) is 24.8 Å². The average molecular weight is 317 g/mol. The Morgan fingerprint density at radius 3 is 2.65 bits per heavy atom. The fourth-order valence-electron chi connectivity index (χ4n) is 2.53. The Balaban J connectivity index is 2.12. The van der Waals surface area contributed by atoms with Gasteiger partial charge in [-0.25, -0.2) is 0 Å². The number of rotatable bonds is 5. The van der Waals surface area contributed by atoms with Crippen molar-refractivity contribution in [3.63, 3.8) is 0 Å². The van der Waals surface area contributed by atoms with E-state index in [1.54, 1.807) is 11.4 Å². The van der Waals surface area contributed by atoms with Crippen molar-refractivity contribution in [2.75, 3.05) is 19.5 Å². The van der Waals surface area contributed by atoms with Gasteiger partial charge in [-0.05, 0) is 18.4 Å². The van der Waals surface area contributed by atoms with Crippen LogP contribution in [-0.2, 0) is 16.8 Å². The van der Waals surface area contributed by atoms with E-state index in [1.165, 1.54) is 4.31 Å². The van der Waals surface area contributed by atoms with Crippen LogP contribution in [0.5, 0.6) is 0 Å². The molecule has 2 rings (SSSR count). The van der Waals surface area contributed by atoms with Crippen LogP contribution in [0, 0.1) is 0 Å². The summed E-state index contributed by atoms with van der Waals surface area (Å²) in [4.78, 5) is 0. The first-order valence-electron chi connectivity index (χ1n) is 6.88. The van der Waals surface area contributed by atoms with Crippen molar-refractivity contribution in [2.24, 2.45) is 0 Å². The first-order valence-corrected chi connectivity index (χ1v) is 8.82. The molecule has 0 saturated carbocycles. The van der Waals surface area contributed by atoms with E-state index in [0.29, 0.717) is 19.0 Å². The van der Waals surface area contributed by atoms with E-state index in [2.05, 4.69) is 0 Å². The van der Waals surface area contributed by atoms with Gasteiger partial charge < -0.3 is 0 Å². The molecule has 1 unspecified atom stereocenters. The lowest BCUT2D eigenvalue weighted by molar-refractivity contribution is 0.251. The fraction of sp³-hybridized carbons (Fsp3) is 0.571. The maximum Gasteiger partial charge on any atom is 0.282 e. The normalized spacial score (nSPS) is 21.2. The van der Waals surface area contributed by atoms with Crippen molar-refractivity contribution >= 4 is 21.8 Å². The van der Waals surface area contributed by atoms with E-state index in [9.17, 15) is 8.42 Å². The number of hydrogen-bond acceptors (Lipinski definition) is 2. The molecule has 1 saturated heterocycles. The van der Waals surface area contributed by atoms with Gasteiger partial charge in [-0.3, -0.25) is 0 Å². The number of hydrogen-bond donors (Lipinski definition) is 0. The number of nitrogens with zero attached hydrogens (tertiary/aromatic N) is 2. The second-order valence-electron chi connectivity index (χ2n) is 5.16. The van der Waals surface area contributed by atoms with E-state index in [-0.39, 0.29) is 6.04 Å². The van der Waals surface area contributed by atoms with Crippen LogP contribution in [-0.4, -0.2) is 42.5 Å². The summed E-state index contributed by atoms with van der Waals surface area (Å²) in [6.07, 6.45) is 2.81. The Hall–Kier alpha value is -0.620. The van der Waals surface area contributed by atoms with Crippen LogP contribution >= 0.6 is 11.6 Å². The topological polar surface area (TPSA) is 40.6 Å². The van der Waals surface area contributed by atoms with Crippen molar-refractivity contribution in [1.29, 1.82) is 0 Å². The number of piperidine rings is 1. The minimum Gasteiger partial charge on any atom is -0.195 e. The average Bonchev–Trinajstić information content (AvgIpc) is 2.48. The van der Waals surface area contributed by atoms with Crippen LogP contribution in [0.3, 0.4) is 0 Å². The molecule has 1 atom stereocenters. The van der Waals surface area contributed by atoms with Gasteiger partial charge in [-0.1, -0.05) is 36.8 Å². The van der Waals surface area contributed by atoms with E-state index >= 15 is 0 Å². The van der Waals surface area contributed by atoms with Crippen LogP contribution in [0.15, 0.2) is 30.3 Å². The summed E-state index contributed by atoms with van der Waals surface area (Å²) in [7, 11) is -1.81. The molecule has 0 bridgehead atoms. The largest absolute Gasteiger partial charge is 0.282 e. The molecule has 20 heavy (non-hydrogen) atoms. The summed E-state index contributed by atoms with van der Waals surface area (Å²) in [5, 5.41) is 0. The molecule has 0 aliphatic carbocycles. The van der Waals surface area contributed by atoms with Gasteiger partial charge in [0.05, 0.1) is 0 Å². The molecule has 0 radical (unpaired) electrons. The molecular formula is C14H21ClN2O2S. The number of benzene rings is 1. The minimum atomic E-state index is -3.44. The Morgan fingerprint density at radius 1 is 1.30 bits per heavy atom. The van der Waals surface area contributed by atoms with Gasteiger partial charge in [0.1, 0.15) is 0 Å². The first kappa shape index (κ1) is 15.8. The molecule has 1 aromatic carbocycles. The highest BCUT2D eigenvalue weighted by Gasteiger charge is 2.34. The third-order valence-electron chi connectivity index (χ3n) is 3.69. The zero-order chi connectivity index (χ0) is 14.6. The molecule has 1 aliphatic rings. The lowest BCUT2D eigenvalue weighted by Crippen LogP contribution is -2.50.